The van der Waals surface area contributed by atoms with Gasteiger partial charge in [0.05, 0.1) is 5.75 Å². The third-order valence-electron chi connectivity index (χ3n) is 3.29. The van der Waals surface area contributed by atoms with Crippen LogP contribution in [0.1, 0.15) is 26.7 Å². The highest BCUT2D eigenvalue weighted by Gasteiger charge is 2.24. The van der Waals surface area contributed by atoms with E-state index in [1.807, 2.05) is 0 Å². The van der Waals surface area contributed by atoms with Crippen LogP contribution >= 0.6 is 11.6 Å². The van der Waals surface area contributed by atoms with Crippen molar-refractivity contribution in [2.24, 2.45) is 5.92 Å². The van der Waals surface area contributed by atoms with E-state index in [-0.39, 0.29) is 5.75 Å². The summed E-state index contributed by atoms with van der Waals surface area (Å²) in [5, 5.41) is 0. The molecule has 0 amide bonds. The lowest BCUT2D eigenvalue weighted by Crippen LogP contribution is -2.37. The van der Waals surface area contributed by atoms with Crippen LogP contribution in [-0.4, -0.2) is 62.0 Å². The van der Waals surface area contributed by atoms with Gasteiger partial charge in [-0.05, 0) is 25.3 Å². The third kappa shape index (κ3) is 5.43. The quantitative estimate of drug-likeness (QED) is 0.699. The van der Waals surface area contributed by atoms with Gasteiger partial charge in [-0.3, -0.25) is 0 Å². The van der Waals surface area contributed by atoms with Crippen molar-refractivity contribution in [3.63, 3.8) is 0 Å². The Balaban J connectivity index is 2.51. The molecule has 1 heterocycles. The van der Waals surface area contributed by atoms with Gasteiger partial charge < -0.3 is 4.90 Å². The topological polar surface area (TPSA) is 40.6 Å². The smallest absolute Gasteiger partial charge is 0.214 e. The van der Waals surface area contributed by atoms with Gasteiger partial charge in [0.1, 0.15) is 0 Å². The average Bonchev–Trinajstić information content (AvgIpc) is 2.53. The number of alkyl halides is 1. The van der Waals surface area contributed by atoms with Gasteiger partial charge in [0.25, 0.3) is 0 Å². The van der Waals surface area contributed by atoms with Crippen molar-refractivity contribution >= 4 is 21.6 Å². The van der Waals surface area contributed by atoms with Gasteiger partial charge in [-0.2, -0.15) is 0 Å². The molecule has 1 saturated heterocycles. The second kappa shape index (κ2) is 7.68. The Labute approximate surface area is 116 Å². The number of hydrogen-bond acceptors (Lipinski definition) is 3. The van der Waals surface area contributed by atoms with Crippen LogP contribution in [0.3, 0.4) is 0 Å². The monoisotopic (exact) mass is 296 g/mol. The Morgan fingerprint density at radius 1 is 1.17 bits per heavy atom. The SMILES string of the molecule is CC(C)CCS(=O)(=O)N1CCCN(CCCl)CC1. The number of sulfonamides is 1. The fourth-order valence-electron chi connectivity index (χ4n) is 2.08. The van der Waals surface area contributed by atoms with Gasteiger partial charge in [-0.15, -0.1) is 11.6 Å². The highest BCUT2D eigenvalue weighted by atomic mass is 35.5. The maximum Gasteiger partial charge on any atom is 0.214 e. The first-order valence-electron chi connectivity index (χ1n) is 6.72. The van der Waals surface area contributed by atoms with Crippen LogP contribution in [0, 0.1) is 5.92 Å². The van der Waals surface area contributed by atoms with Crippen molar-refractivity contribution in [2.75, 3.05) is 44.4 Å². The minimum Gasteiger partial charge on any atom is -0.301 e. The maximum atomic E-state index is 12.2. The minimum atomic E-state index is -3.07. The minimum absolute atomic E-state index is 0.278. The number of rotatable bonds is 6. The molecule has 108 valence electrons. The zero-order valence-electron chi connectivity index (χ0n) is 11.4. The first-order chi connectivity index (χ1) is 8.45. The Hall–Kier alpha value is 0.160. The highest BCUT2D eigenvalue weighted by Crippen LogP contribution is 2.12. The fraction of sp³-hybridized carbons (Fsp3) is 1.00. The zero-order valence-corrected chi connectivity index (χ0v) is 13.0. The molecule has 0 aromatic heterocycles. The van der Waals surface area contributed by atoms with Crippen molar-refractivity contribution in [1.29, 1.82) is 0 Å². The van der Waals surface area contributed by atoms with Crippen LogP contribution in [0.4, 0.5) is 0 Å². The van der Waals surface area contributed by atoms with Crippen molar-refractivity contribution in [3.8, 4) is 0 Å². The largest absolute Gasteiger partial charge is 0.301 e. The summed E-state index contributed by atoms with van der Waals surface area (Å²) in [4.78, 5) is 2.24. The molecule has 0 aliphatic carbocycles. The van der Waals surface area contributed by atoms with Crippen LogP contribution in [0.2, 0.25) is 0 Å². The molecule has 0 saturated carbocycles. The van der Waals surface area contributed by atoms with Gasteiger partial charge in [-0.1, -0.05) is 13.8 Å². The van der Waals surface area contributed by atoms with Gasteiger partial charge >= 0.3 is 0 Å². The molecule has 0 unspecified atom stereocenters. The second-order valence-corrected chi connectivity index (χ2v) is 7.75. The third-order valence-corrected chi connectivity index (χ3v) is 5.37. The van der Waals surface area contributed by atoms with E-state index in [0.29, 0.717) is 24.9 Å². The second-order valence-electron chi connectivity index (χ2n) is 5.28. The van der Waals surface area contributed by atoms with E-state index < -0.39 is 10.0 Å². The van der Waals surface area contributed by atoms with Gasteiger partial charge in [0.15, 0.2) is 0 Å². The molecule has 1 aliphatic rings. The normalized spacial score (nSPS) is 20.2. The molecule has 4 nitrogen and oxygen atoms in total. The van der Waals surface area contributed by atoms with E-state index in [1.54, 1.807) is 4.31 Å². The fourth-order valence-corrected chi connectivity index (χ4v) is 4.12. The number of hydrogen-bond donors (Lipinski definition) is 0. The van der Waals surface area contributed by atoms with Crippen molar-refractivity contribution < 1.29 is 8.42 Å². The molecule has 6 heteroatoms. The van der Waals surface area contributed by atoms with Crippen LogP contribution in [0.15, 0.2) is 0 Å². The lowest BCUT2D eigenvalue weighted by Gasteiger charge is -2.21. The van der Waals surface area contributed by atoms with Crippen molar-refractivity contribution in [3.05, 3.63) is 0 Å². The Morgan fingerprint density at radius 3 is 2.50 bits per heavy atom. The average molecular weight is 297 g/mol. The van der Waals surface area contributed by atoms with Gasteiger partial charge in [0, 0.05) is 32.1 Å². The molecule has 1 rings (SSSR count). The van der Waals surface area contributed by atoms with Crippen LogP contribution < -0.4 is 0 Å². The first-order valence-corrected chi connectivity index (χ1v) is 8.86. The molecule has 0 radical (unpaired) electrons. The predicted molar refractivity (Wildman–Crippen MR) is 76.6 cm³/mol. The Kier molecular flexibility index (Phi) is 6.92. The van der Waals surface area contributed by atoms with Crippen LogP contribution in [0.25, 0.3) is 0 Å². The van der Waals surface area contributed by atoms with E-state index in [0.717, 1.165) is 32.5 Å². The molecule has 0 aromatic rings. The standard InChI is InChI=1S/C12H25ClN2O2S/c1-12(2)4-11-18(16,17)15-7-3-6-14(8-5-13)9-10-15/h12H,3-11H2,1-2H3. The molecule has 18 heavy (non-hydrogen) atoms. The lowest BCUT2D eigenvalue weighted by molar-refractivity contribution is 0.303. The van der Waals surface area contributed by atoms with Gasteiger partial charge in [-0.25, -0.2) is 12.7 Å². The molecular weight excluding hydrogens is 272 g/mol. The molecule has 0 atom stereocenters. The predicted octanol–water partition coefficient (Wildman–Crippen LogP) is 1.61. The zero-order chi connectivity index (χ0) is 13.6. The summed E-state index contributed by atoms with van der Waals surface area (Å²) in [6.45, 7) is 7.97. The van der Waals surface area contributed by atoms with Gasteiger partial charge in [0.2, 0.25) is 10.0 Å². The Bertz CT molecular complexity index is 333. The van der Waals surface area contributed by atoms with E-state index in [4.69, 9.17) is 11.6 Å². The molecule has 0 aromatic carbocycles. The Morgan fingerprint density at radius 2 is 1.89 bits per heavy atom. The molecule has 0 bridgehead atoms. The summed E-state index contributed by atoms with van der Waals surface area (Å²) in [5.41, 5.74) is 0. The summed E-state index contributed by atoms with van der Waals surface area (Å²) in [5.74, 6) is 1.32. The first kappa shape index (κ1) is 16.2. The van der Waals surface area contributed by atoms with Crippen LogP contribution in [-0.2, 0) is 10.0 Å². The lowest BCUT2D eigenvalue weighted by atomic mass is 10.2. The molecule has 0 N–H and O–H groups in total. The summed E-state index contributed by atoms with van der Waals surface area (Å²) < 4.78 is 26.0. The highest BCUT2D eigenvalue weighted by molar-refractivity contribution is 7.89. The summed E-state index contributed by atoms with van der Waals surface area (Å²) in [6, 6.07) is 0. The van der Waals surface area contributed by atoms with E-state index in [9.17, 15) is 8.42 Å². The summed E-state index contributed by atoms with van der Waals surface area (Å²) in [6.07, 6.45) is 1.64. The van der Waals surface area contributed by atoms with E-state index >= 15 is 0 Å². The maximum absolute atomic E-state index is 12.2. The summed E-state index contributed by atoms with van der Waals surface area (Å²) in [7, 11) is -3.07. The number of halogens is 1. The summed E-state index contributed by atoms with van der Waals surface area (Å²) >= 11 is 5.73. The van der Waals surface area contributed by atoms with E-state index in [1.165, 1.54) is 0 Å². The van der Waals surface area contributed by atoms with Crippen molar-refractivity contribution in [2.45, 2.75) is 26.7 Å². The molecule has 1 fully saturated rings. The van der Waals surface area contributed by atoms with E-state index in [2.05, 4.69) is 18.7 Å². The molecule has 1 aliphatic heterocycles. The number of nitrogens with zero attached hydrogens (tertiary/aromatic N) is 2. The van der Waals surface area contributed by atoms with Crippen molar-refractivity contribution in [1.82, 2.24) is 9.21 Å². The van der Waals surface area contributed by atoms with Crippen LogP contribution in [0.5, 0.6) is 0 Å². The molecule has 0 spiro atoms. The molecular formula is C12H25ClN2O2S.